The second-order valence-corrected chi connectivity index (χ2v) is 29.5. The lowest BCUT2D eigenvalue weighted by atomic mass is 9.41. The zero-order valence-corrected chi connectivity index (χ0v) is 53.4. The number of hydrogen-bond acceptors (Lipinski definition) is 28. The van der Waals surface area contributed by atoms with Gasteiger partial charge in [0.05, 0.1) is 50.0 Å². The fourth-order valence-corrected chi connectivity index (χ4v) is 18.2. The van der Waals surface area contributed by atoms with Crippen LogP contribution in [0.2, 0.25) is 0 Å². The van der Waals surface area contributed by atoms with E-state index in [0.717, 1.165) is 12.8 Å². The van der Waals surface area contributed by atoms with Gasteiger partial charge in [0.15, 0.2) is 31.5 Å². The number of ether oxygens (including phenoxy) is 13. The lowest BCUT2D eigenvalue weighted by Gasteiger charge is -2.64. The molecule has 0 unspecified atom stereocenters. The SMILES string of the molecule is CO[C@H]1[C@H](O)[C@@H](O[C@H]2[C@H](O)[C@@H](O[C@@H]3[C@@H](O)[C@H](O[C@H]4OC[C@H](O)[C@@H](O)[C@@H]4O)[C@@H](O[C@@H]4[C@@H](O[C@H]5CC[C@@]6(C)[C@H]7CC[C@]89C(=O)O[C@](C)(CCCC(C)C)[C@H]8[C@H](OC(C)=O)C[C@]9(C)C7=CC[C@H]6C5(C)C)OC[C@H](OS(=O)(=O)O)[C@H]4O)O[C@H]3C)OC[C@@H]2O)O[C@@H](CO)[C@@H]1O. The average molecular weight is 1310 g/mol. The van der Waals surface area contributed by atoms with Crippen LogP contribution >= 0.6 is 0 Å². The maximum atomic E-state index is 14.8. The van der Waals surface area contributed by atoms with Crippen LogP contribution in [-0.2, 0) is 85.8 Å². The number of fused-ring (bicyclic) bond motifs is 4. The molecule has 29 nitrogen and oxygen atoms in total. The second kappa shape index (κ2) is 26.6. The lowest BCUT2D eigenvalue weighted by Crippen LogP contribution is -2.67. The van der Waals surface area contributed by atoms with Gasteiger partial charge in [-0.25, -0.2) is 4.18 Å². The van der Waals surface area contributed by atoms with Gasteiger partial charge < -0.3 is 113 Å². The minimum atomic E-state index is -5.26. The number of aliphatic hydroxyl groups is 10. The fraction of sp³-hybridized carbons (Fsp3) is 0.933. The number of carbonyl (C=O) groups is 2. The average Bonchev–Trinajstić information content (AvgIpc) is 1.45. The van der Waals surface area contributed by atoms with Crippen molar-refractivity contribution in [2.24, 2.45) is 45.3 Å². The van der Waals surface area contributed by atoms with Crippen molar-refractivity contribution in [1.82, 2.24) is 0 Å². The predicted molar refractivity (Wildman–Crippen MR) is 302 cm³/mol. The van der Waals surface area contributed by atoms with Crippen LogP contribution in [0, 0.1) is 45.3 Å². The number of cyclic esters (lactones) is 1. The summed E-state index contributed by atoms with van der Waals surface area (Å²) in [6, 6.07) is 0. The Hall–Kier alpha value is -2.29. The number of aliphatic hydroxyl groups excluding tert-OH is 10. The molecule has 0 bridgehead atoms. The molecule has 6 aliphatic heterocycles. The van der Waals surface area contributed by atoms with E-state index in [2.05, 4.69) is 47.6 Å². The molecule has 6 saturated heterocycles. The third kappa shape index (κ3) is 12.6. The number of carbonyl (C=O) groups excluding carboxylic acids is 2. The molecule has 90 heavy (non-hydrogen) atoms. The van der Waals surface area contributed by atoms with Crippen molar-refractivity contribution < 1.29 is 139 Å². The molecule has 9 fully saturated rings. The van der Waals surface area contributed by atoms with Crippen LogP contribution in [-0.4, -0.2) is 263 Å². The highest BCUT2D eigenvalue weighted by Gasteiger charge is 2.79. The molecule has 0 radical (unpaired) electrons. The Morgan fingerprint density at radius 2 is 1.32 bits per heavy atom. The maximum Gasteiger partial charge on any atom is 0.397 e. The van der Waals surface area contributed by atoms with Gasteiger partial charge in [-0.15, -0.1) is 0 Å². The first-order valence-electron chi connectivity index (χ1n) is 31.6. The summed E-state index contributed by atoms with van der Waals surface area (Å²) in [6.45, 7) is 15.2. The Morgan fingerprint density at radius 3 is 1.98 bits per heavy atom. The first-order chi connectivity index (χ1) is 42.2. The minimum Gasteiger partial charge on any atom is -0.462 e. The van der Waals surface area contributed by atoms with Crippen molar-refractivity contribution in [2.45, 2.75) is 273 Å². The zero-order chi connectivity index (χ0) is 65.7. The quantitative estimate of drug-likeness (QED) is 0.0427. The van der Waals surface area contributed by atoms with Crippen molar-refractivity contribution in [3.63, 3.8) is 0 Å². The van der Waals surface area contributed by atoms with E-state index in [1.165, 1.54) is 26.5 Å². The number of hydrogen-bond donors (Lipinski definition) is 11. The predicted octanol–water partition coefficient (Wildman–Crippen LogP) is -0.837. The van der Waals surface area contributed by atoms with Gasteiger partial charge in [0, 0.05) is 19.4 Å². The largest absolute Gasteiger partial charge is 0.462 e. The minimum absolute atomic E-state index is 0.00396. The summed E-state index contributed by atoms with van der Waals surface area (Å²) in [5, 5.41) is 111. The van der Waals surface area contributed by atoms with Crippen LogP contribution in [0.15, 0.2) is 11.6 Å². The summed E-state index contributed by atoms with van der Waals surface area (Å²) < 4.78 is 118. The molecule has 0 aromatic heterocycles. The second-order valence-electron chi connectivity index (χ2n) is 28.4. The Kier molecular flexibility index (Phi) is 20.8. The van der Waals surface area contributed by atoms with Gasteiger partial charge in [-0.3, -0.25) is 14.1 Å². The highest BCUT2D eigenvalue weighted by atomic mass is 32.3. The third-order valence-electron chi connectivity index (χ3n) is 22.1. The van der Waals surface area contributed by atoms with Gasteiger partial charge in [-0.1, -0.05) is 59.6 Å². The molecule has 0 aromatic rings. The van der Waals surface area contributed by atoms with Gasteiger partial charge in [0.25, 0.3) is 0 Å². The van der Waals surface area contributed by atoms with Crippen LogP contribution < -0.4 is 0 Å². The van der Waals surface area contributed by atoms with Crippen LogP contribution in [0.5, 0.6) is 0 Å². The summed E-state index contributed by atoms with van der Waals surface area (Å²) in [5.74, 6) is -0.620. The smallest absolute Gasteiger partial charge is 0.397 e. The molecule has 0 aromatic carbocycles. The third-order valence-corrected chi connectivity index (χ3v) is 22.6. The van der Waals surface area contributed by atoms with Crippen LogP contribution in [0.25, 0.3) is 0 Å². The van der Waals surface area contributed by atoms with E-state index in [1.54, 1.807) is 0 Å². The number of esters is 2. The summed E-state index contributed by atoms with van der Waals surface area (Å²) in [6.07, 6.45) is -30.9. The Labute approximate surface area is 523 Å². The van der Waals surface area contributed by atoms with E-state index in [9.17, 15) is 73.6 Å². The summed E-state index contributed by atoms with van der Waals surface area (Å²) in [4.78, 5) is 27.6. The van der Waals surface area contributed by atoms with Crippen molar-refractivity contribution in [1.29, 1.82) is 0 Å². The Bertz CT molecular complexity index is 2670. The van der Waals surface area contributed by atoms with E-state index in [0.29, 0.717) is 50.9 Å². The number of methoxy groups -OCH3 is 1. The lowest BCUT2D eigenvalue weighted by molar-refractivity contribution is -0.399. The van der Waals surface area contributed by atoms with E-state index < -0.39 is 212 Å². The monoisotopic (exact) mass is 1310 g/mol. The molecule has 10 aliphatic rings. The topological polar surface area (TPSA) is 420 Å². The highest BCUT2D eigenvalue weighted by molar-refractivity contribution is 7.80. The summed E-state index contributed by atoms with van der Waals surface area (Å²) in [5.41, 5.74) is -2.36. The Morgan fingerprint density at radius 1 is 0.700 bits per heavy atom. The number of allylic oxidation sites excluding steroid dienone is 2. The first-order valence-corrected chi connectivity index (χ1v) is 33.0. The molecule has 10 rings (SSSR count). The first kappa shape index (κ1) is 70.5. The normalized spacial score (nSPS) is 50.3. The molecule has 11 N–H and O–H groups in total. The number of rotatable bonds is 19. The maximum absolute atomic E-state index is 14.8. The van der Waals surface area contributed by atoms with Crippen molar-refractivity contribution in [3.05, 3.63) is 11.6 Å². The molecule has 3 saturated carbocycles. The van der Waals surface area contributed by atoms with Gasteiger partial charge in [0.1, 0.15) is 109 Å². The highest BCUT2D eigenvalue weighted by Crippen LogP contribution is 2.77. The van der Waals surface area contributed by atoms with E-state index in [-0.39, 0.29) is 29.1 Å². The summed E-state index contributed by atoms with van der Waals surface area (Å²) >= 11 is 0. The fourth-order valence-electron chi connectivity index (χ4n) is 17.7. The van der Waals surface area contributed by atoms with Gasteiger partial charge in [-0.2, -0.15) is 8.42 Å². The van der Waals surface area contributed by atoms with Crippen LogP contribution in [0.1, 0.15) is 120 Å². The van der Waals surface area contributed by atoms with Crippen molar-refractivity contribution in [2.75, 3.05) is 33.5 Å². The van der Waals surface area contributed by atoms with Crippen LogP contribution in [0.3, 0.4) is 0 Å². The Balaban J connectivity index is 0.904. The molecule has 0 amide bonds. The molecule has 1 spiro atoms. The molecule has 4 aliphatic carbocycles. The van der Waals surface area contributed by atoms with Crippen molar-refractivity contribution in [3.8, 4) is 0 Å². The zero-order valence-electron chi connectivity index (χ0n) is 52.6. The van der Waals surface area contributed by atoms with Gasteiger partial charge in [-0.05, 0) is 93.8 Å². The van der Waals surface area contributed by atoms with E-state index in [1.807, 2.05) is 6.92 Å². The van der Waals surface area contributed by atoms with Gasteiger partial charge >= 0.3 is 22.3 Å². The van der Waals surface area contributed by atoms with Crippen molar-refractivity contribution >= 4 is 22.3 Å². The molecular weight excluding hydrogens is 1220 g/mol. The molecular formula is C60H96O29S. The van der Waals surface area contributed by atoms with E-state index in [4.69, 9.17) is 65.8 Å². The standard InChI is InChI=1S/C60H96O29S/c1-25(2)12-11-17-59(9)49-32(81-27(4)62)20-58(8)29-13-14-35-56(5,6)36(16-18-57(35,7)28(29)15-19-60(49,58)55(72)88-59)83-53-47(39(67)34(24-79-53)89-90(73,74)75)87-54-48(86-50-40(68)37(65)30(63)22-77-50)41(69)44(26(3)80-54)84-51-42(70)45(31(64)23-78-51)85-52-43(71)46(76-10)38(66)33(21-61)82-52/h13,25-26,28,30-54,61,63-71H,11-12,14-24H2,1-10H3,(H,73,74,75)/t26-,28-,30-,31-,32+,33-,34-,35-,36-,37+,38-,39+,40-,41+,42-,43-,44-,45+,46+,47-,48-,49+,50+,51+,52+,53+,54+,57-,58+,59+,60+/m0/s1. The van der Waals surface area contributed by atoms with Crippen LogP contribution in [0.4, 0.5) is 0 Å². The summed E-state index contributed by atoms with van der Waals surface area (Å²) in [7, 11) is -4.06. The van der Waals surface area contributed by atoms with Gasteiger partial charge in [0.2, 0.25) is 0 Å². The molecule has 6 heterocycles. The molecule has 31 atom stereocenters. The molecule has 516 valence electrons. The molecule has 30 heteroatoms. The van der Waals surface area contributed by atoms with E-state index >= 15 is 0 Å².